The molecule has 1 aromatic rings. The summed E-state index contributed by atoms with van der Waals surface area (Å²) in [6.07, 6.45) is 0.816. The Morgan fingerprint density at radius 1 is 1.29 bits per heavy atom. The summed E-state index contributed by atoms with van der Waals surface area (Å²) >= 11 is 5.58. The maximum atomic E-state index is 13.6. The van der Waals surface area contributed by atoms with Gasteiger partial charge in [-0.3, -0.25) is 0 Å². The van der Waals surface area contributed by atoms with Crippen molar-refractivity contribution in [2.45, 2.75) is 18.2 Å². The van der Waals surface area contributed by atoms with Gasteiger partial charge in [0.15, 0.2) is 0 Å². The molecule has 0 radical (unpaired) electrons. The number of benzene rings is 1. The Morgan fingerprint density at radius 2 is 1.95 bits per heavy atom. The highest BCUT2D eigenvalue weighted by Crippen LogP contribution is 2.28. The van der Waals surface area contributed by atoms with Crippen molar-refractivity contribution < 1.29 is 27.1 Å². The van der Waals surface area contributed by atoms with Crippen molar-refractivity contribution >= 4 is 37.3 Å². The van der Waals surface area contributed by atoms with Gasteiger partial charge in [0.05, 0.1) is 17.2 Å². The first kappa shape index (κ1) is 18.2. The quantitative estimate of drug-likeness (QED) is 0.425. The second-order valence-corrected chi connectivity index (χ2v) is 6.89. The fourth-order valence-electron chi connectivity index (χ4n) is 1.39. The highest BCUT2D eigenvalue weighted by Gasteiger charge is 2.22. The Bertz CT molecular complexity index is 618. The minimum atomic E-state index is -4.20. The molecule has 0 fully saturated rings. The topological polar surface area (TPSA) is 69.7 Å². The summed E-state index contributed by atoms with van der Waals surface area (Å²) in [7, 11) is 0.950. The third-order valence-corrected chi connectivity index (χ3v) is 4.10. The zero-order valence-corrected chi connectivity index (χ0v) is 13.4. The second-order valence-electron chi connectivity index (χ2n) is 3.95. The van der Waals surface area contributed by atoms with Crippen molar-refractivity contribution in [3.05, 3.63) is 28.5 Å². The van der Waals surface area contributed by atoms with Crippen molar-refractivity contribution in [2.75, 3.05) is 19.8 Å². The highest BCUT2D eigenvalue weighted by molar-refractivity contribution is 8.13. The minimum Gasteiger partial charge on any atom is -0.460 e. The lowest BCUT2D eigenvalue weighted by atomic mass is 10.2. The van der Waals surface area contributed by atoms with Crippen LogP contribution in [-0.4, -0.2) is 34.2 Å². The standard InChI is InChI=1S/C12H13Cl2FO5S/c1-2-3-19-4-5-20-12(16)8-6-11(21(14,17)18)9(13)7-10(8)15/h6-7H,2-5H2,1H3. The smallest absolute Gasteiger partial charge is 0.341 e. The molecule has 0 saturated carbocycles. The van der Waals surface area contributed by atoms with Crippen molar-refractivity contribution in [2.24, 2.45) is 0 Å². The summed E-state index contributed by atoms with van der Waals surface area (Å²) in [4.78, 5) is 11.1. The Balaban J connectivity index is 2.85. The van der Waals surface area contributed by atoms with Gasteiger partial charge >= 0.3 is 5.97 Å². The Labute approximate surface area is 131 Å². The number of halogens is 3. The van der Waals surface area contributed by atoms with Crippen molar-refractivity contribution in [1.82, 2.24) is 0 Å². The fourth-order valence-corrected chi connectivity index (χ4v) is 2.90. The summed E-state index contributed by atoms with van der Waals surface area (Å²) in [5.74, 6) is -2.02. The third kappa shape index (κ3) is 5.43. The summed E-state index contributed by atoms with van der Waals surface area (Å²) in [6, 6.07) is 1.44. The van der Waals surface area contributed by atoms with Crippen molar-refractivity contribution in [3.63, 3.8) is 0 Å². The molecule has 0 bridgehead atoms. The van der Waals surface area contributed by atoms with Crippen LogP contribution in [0.1, 0.15) is 23.7 Å². The molecule has 21 heavy (non-hydrogen) atoms. The van der Waals surface area contributed by atoms with Gasteiger partial charge in [0.25, 0.3) is 9.05 Å². The van der Waals surface area contributed by atoms with Crippen LogP contribution < -0.4 is 0 Å². The van der Waals surface area contributed by atoms with E-state index in [0.29, 0.717) is 12.7 Å². The fraction of sp³-hybridized carbons (Fsp3) is 0.417. The number of hydrogen-bond donors (Lipinski definition) is 0. The van der Waals surface area contributed by atoms with Crippen LogP contribution in [-0.2, 0) is 18.5 Å². The van der Waals surface area contributed by atoms with Crippen molar-refractivity contribution in [1.29, 1.82) is 0 Å². The number of carbonyl (C=O) groups is 1. The summed E-state index contributed by atoms with van der Waals surface area (Å²) in [5, 5.41) is -0.412. The zero-order chi connectivity index (χ0) is 16.0. The van der Waals surface area contributed by atoms with Gasteiger partial charge in [-0.25, -0.2) is 17.6 Å². The molecule has 5 nitrogen and oxygen atoms in total. The molecule has 0 aliphatic rings. The Morgan fingerprint density at radius 3 is 2.52 bits per heavy atom. The number of carbonyl (C=O) groups excluding carboxylic acids is 1. The molecule has 1 aromatic carbocycles. The largest absolute Gasteiger partial charge is 0.460 e. The zero-order valence-electron chi connectivity index (χ0n) is 11.1. The molecule has 0 atom stereocenters. The predicted molar refractivity (Wildman–Crippen MR) is 75.8 cm³/mol. The molecule has 0 aliphatic carbocycles. The van der Waals surface area contributed by atoms with E-state index in [-0.39, 0.29) is 13.2 Å². The first-order valence-corrected chi connectivity index (χ1v) is 8.64. The lowest BCUT2D eigenvalue weighted by molar-refractivity contribution is 0.0314. The normalized spacial score (nSPS) is 11.4. The summed E-state index contributed by atoms with van der Waals surface area (Å²) < 4.78 is 46.0. The first-order chi connectivity index (χ1) is 9.77. The van der Waals surface area contributed by atoms with E-state index in [4.69, 9.17) is 31.8 Å². The highest BCUT2D eigenvalue weighted by atomic mass is 35.7. The Hall–Kier alpha value is -0.890. The van der Waals surface area contributed by atoms with E-state index in [1.165, 1.54) is 0 Å². The third-order valence-electron chi connectivity index (χ3n) is 2.31. The summed E-state index contributed by atoms with van der Waals surface area (Å²) in [5.41, 5.74) is -0.561. The molecule has 0 saturated heterocycles. The van der Waals surface area contributed by atoms with E-state index in [9.17, 15) is 17.6 Å². The molecule has 0 heterocycles. The van der Waals surface area contributed by atoms with Gasteiger partial charge in [-0.1, -0.05) is 18.5 Å². The SMILES string of the molecule is CCCOCCOC(=O)c1cc(S(=O)(=O)Cl)c(Cl)cc1F. The van der Waals surface area contributed by atoms with Crippen molar-refractivity contribution in [3.8, 4) is 0 Å². The molecule has 0 aromatic heterocycles. The van der Waals surface area contributed by atoms with E-state index >= 15 is 0 Å². The van der Waals surface area contributed by atoms with Crippen LogP contribution in [0.15, 0.2) is 17.0 Å². The molecular formula is C12H13Cl2FO5S. The monoisotopic (exact) mass is 358 g/mol. The van der Waals surface area contributed by atoms with Crippen LogP contribution in [0.5, 0.6) is 0 Å². The van der Waals surface area contributed by atoms with Gasteiger partial charge < -0.3 is 9.47 Å². The van der Waals surface area contributed by atoms with E-state index in [2.05, 4.69) is 0 Å². The van der Waals surface area contributed by atoms with Gasteiger partial charge in [-0.2, -0.15) is 0 Å². The molecule has 1 rings (SSSR count). The average molecular weight is 359 g/mol. The summed E-state index contributed by atoms with van der Waals surface area (Å²) in [6.45, 7) is 2.52. The molecule has 9 heteroatoms. The molecular weight excluding hydrogens is 346 g/mol. The molecule has 0 aliphatic heterocycles. The minimum absolute atomic E-state index is 0.0795. The Kier molecular flexibility index (Phi) is 6.86. The van der Waals surface area contributed by atoms with Gasteiger partial charge in [-0.05, 0) is 18.6 Å². The second kappa shape index (κ2) is 7.93. The lowest BCUT2D eigenvalue weighted by Crippen LogP contribution is -2.13. The molecule has 0 spiro atoms. The first-order valence-electron chi connectivity index (χ1n) is 5.96. The van der Waals surface area contributed by atoms with E-state index in [1.54, 1.807) is 0 Å². The van der Waals surface area contributed by atoms with E-state index < -0.39 is 36.3 Å². The van der Waals surface area contributed by atoms with Crippen LogP contribution in [0.2, 0.25) is 5.02 Å². The number of esters is 1. The van der Waals surface area contributed by atoms with Crippen LogP contribution in [0, 0.1) is 5.82 Å². The van der Waals surface area contributed by atoms with Crippen LogP contribution in [0.4, 0.5) is 4.39 Å². The number of hydrogen-bond acceptors (Lipinski definition) is 5. The molecule has 0 N–H and O–H groups in total. The lowest BCUT2D eigenvalue weighted by Gasteiger charge is -2.08. The van der Waals surface area contributed by atoms with Crippen LogP contribution in [0.3, 0.4) is 0 Å². The number of ether oxygens (including phenoxy) is 2. The van der Waals surface area contributed by atoms with Gasteiger partial charge in [0.1, 0.15) is 17.3 Å². The number of rotatable bonds is 7. The average Bonchev–Trinajstić information content (AvgIpc) is 2.36. The maximum absolute atomic E-state index is 13.6. The van der Waals surface area contributed by atoms with Gasteiger partial charge in [0, 0.05) is 17.3 Å². The van der Waals surface area contributed by atoms with Gasteiger partial charge in [-0.15, -0.1) is 0 Å². The van der Waals surface area contributed by atoms with Gasteiger partial charge in [0.2, 0.25) is 0 Å². The van der Waals surface area contributed by atoms with Crippen LogP contribution in [0.25, 0.3) is 0 Å². The maximum Gasteiger partial charge on any atom is 0.341 e. The van der Waals surface area contributed by atoms with Crippen LogP contribution >= 0.6 is 22.3 Å². The van der Waals surface area contributed by atoms with E-state index in [0.717, 1.165) is 12.5 Å². The molecule has 0 unspecified atom stereocenters. The predicted octanol–water partition coefficient (Wildman–Crippen LogP) is 2.99. The van der Waals surface area contributed by atoms with E-state index in [1.807, 2.05) is 6.92 Å². The molecule has 118 valence electrons. The molecule has 0 amide bonds.